The smallest absolute Gasteiger partial charge is 0.273 e. The summed E-state index contributed by atoms with van der Waals surface area (Å²) >= 11 is 0. The predicted molar refractivity (Wildman–Crippen MR) is 84.9 cm³/mol. The van der Waals surface area contributed by atoms with Crippen molar-refractivity contribution in [1.82, 2.24) is 5.32 Å². The molecule has 1 aromatic carbocycles. The summed E-state index contributed by atoms with van der Waals surface area (Å²) in [5.41, 5.74) is 1.18. The number of nitrogens with zero attached hydrogens (tertiary/aromatic N) is 1. The molecule has 0 aliphatic rings. The highest BCUT2D eigenvalue weighted by Gasteiger charge is 2.23. The van der Waals surface area contributed by atoms with E-state index in [1.807, 2.05) is 6.07 Å². The number of ether oxygens (including phenoxy) is 1. The fourth-order valence-corrected chi connectivity index (χ4v) is 2.41. The molecule has 0 saturated carbocycles. The van der Waals surface area contributed by atoms with E-state index in [9.17, 15) is 10.1 Å². The Labute approximate surface area is 126 Å². The number of nitrogens with one attached hydrogen (secondary N) is 1. The standard InChI is InChI=1S/C16H26N2O3/c1-6-17-15(16(2,3)4)8-7-12-9-13(18(19)20)11-14(10-12)21-5/h9-11,15,17H,6-8H2,1-5H3. The van der Waals surface area contributed by atoms with Crippen LogP contribution in [0.5, 0.6) is 5.75 Å². The molecule has 0 aliphatic carbocycles. The molecule has 0 radical (unpaired) electrons. The first kappa shape index (κ1) is 17.4. The molecule has 1 aromatic rings. The number of hydrogen-bond donors (Lipinski definition) is 1. The van der Waals surface area contributed by atoms with Gasteiger partial charge in [0.15, 0.2) is 0 Å². The zero-order valence-corrected chi connectivity index (χ0v) is 13.6. The molecule has 0 aliphatic heterocycles. The molecule has 5 heteroatoms. The Morgan fingerprint density at radius 2 is 2.00 bits per heavy atom. The molecule has 0 heterocycles. The first-order valence-corrected chi connectivity index (χ1v) is 7.33. The minimum atomic E-state index is -0.377. The van der Waals surface area contributed by atoms with E-state index in [4.69, 9.17) is 4.74 Å². The van der Waals surface area contributed by atoms with Crippen LogP contribution in [0, 0.1) is 15.5 Å². The highest BCUT2D eigenvalue weighted by Crippen LogP contribution is 2.26. The maximum atomic E-state index is 11.0. The third kappa shape index (κ3) is 5.34. The van der Waals surface area contributed by atoms with Crippen molar-refractivity contribution < 1.29 is 9.66 Å². The van der Waals surface area contributed by atoms with Crippen LogP contribution in [0.15, 0.2) is 18.2 Å². The maximum absolute atomic E-state index is 11.0. The van der Waals surface area contributed by atoms with Crippen molar-refractivity contribution in [1.29, 1.82) is 0 Å². The lowest BCUT2D eigenvalue weighted by atomic mass is 9.83. The van der Waals surface area contributed by atoms with E-state index in [0.29, 0.717) is 11.8 Å². The summed E-state index contributed by atoms with van der Waals surface area (Å²) in [5, 5.41) is 14.5. The number of nitro benzene ring substituents is 1. The van der Waals surface area contributed by atoms with Crippen molar-refractivity contribution in [3.05, 3.63) is 33.9 Å². The van der Waals surface area contributed by atoms with Gasteiger partial charge in [-0.05, 0) is 36.4 Å². The molecule has 0 bridgehead atoms. The van der Waals surface area contributed by atoms with Crippen LogP contribution in [0.4, 0.5) is 5.69 Å². The van der Waals surface area contributed by atoms with Gasteiger partial charge in [-0.3, -0.25) is 10.1 Å². The molecule has 1 rings (SSSR count). The van der Waals surface area contributed by atoms with Crippen LogP contribution in [0.25, 0.3) is 0 Å². The molecule has 0 aromatic heterocycles. The van der Waals surface area contributed by atoms with Crippen LogP contribution in [-0.4, -0.2) is 24.6 Å². The second-order valence-corrected chi connectivity index (χ2v) is 6.31. The first-order chi connectivity index (χ1) is 9.77. The number of benzene rings is 1. The fraction of sp³-hybridized carbons (Fsp3) is 0.625. The van der Waals surface area contributed by atoms with Gasteiger partial charge >= 0.3 is 0 Å². The summed E-state index contributed by atoms with van der Waals surface area (Å²) in [7, 11) is 1.53. The molecule has 0 spiro atoms. The van der Waals surface area contributed by atoms with Crippen molar-refractivity contribution in [3.63, 3.8) is 0 Å². The Morgan fingerprint density at radius 1 is 1.33 bits per heavy atom. The molecule has 0 fully saturated rings. The number of rotatable bonds is 7. The van der Waals surface area contributed by atoms with Crippen LogP contribution < -0.4 is 10.1 Å². The topological polar surface area (TPSA) is 64.4 Å². The average molecular weight is 294 g/mol. The first-order valence-electron chi connectivity index (χ1n) is 7.33. The monoisotopic (exact) mass is 294 g/mol. The van der Waals surface area contributed by atoms with E-state index in [-0.39, 0.29) is 16.0 Å². The molecule has 5 nitrogen and oxygen atoms in total. The van der Waals surface area contributed by atoms with Crippen LogP contribution in [0.1, 0.15) is 39.7 Å². The van der Waals surface area contributed by atoms with Crippen LogP contribution in [0.2, 0.25) is 0 Å². The Kier molecular flexibility index (Phi) is 6.15. The molecular weight excluding hydrogens is 268 g/mol. The van der Waals surface area contributed by atoms with E-state index in [2.05, 4.69) is 33.0 Å². The molecule has 118 valence electrons. The zero-order valence-electron chi connectivity index (χ0n) is 13.6. The average Bonchev–Trinajstić information content (AvgIpc) is 2.41. The summed E-state index contributed by atoms with van der Waals surface area (Å²) in [5.74, 6) is 0.537. The van der Waals surface area contributed by atoms with Gasteiger partial charge in [0.1, 0.15) is 5.75 Å². The molecule has 0 saturated heterocycles. The number of non-ortho nitro benzene ring substituents is 1. The maximum Gasteiger partial charge on any atom is 0.273 e. The van der Waals surface area contributed by atoms with Crippen molar-refractivity contribution in [2.75, 3.05) is 13.7 Å². The van der Waals surface area contributed by atoms with Gasteiger partial charge in [0.05, 0.1) is 18.1 Å². The lowest BCUT2D eigenvalue weighted by Gasteiger charge is -2.31. The van der Waals surface area contributed by atoms with Gasteiger partial charge in [-0.2, -0.15) is 0 Å². The van der Waals surface area contributed by atoms with E-state index < -0.39 is 0 Å². The van der Waals surface area contributed by atoms with E-state index in [1.165, 1.54) is 13.2 Å². The Bertz CT molecular complexity index is 481. The summed E-state index contributed by atoms with van der Waals surface area (Å²) in [4.78, 5) is 10.6. The largest absolute Gasteiger partial charge is 0.496 e. The molecule has 1 N–H and O–H groups in total. The highest BCUT2D eigenvalue weighted by atomic mass is 16.6. The highest BCUT2D eigenvalue weighted by molar-refractivity contribution is 5.42. The second kappa shape index (κ2) is 7.41. The second-order valence-electron chi connectivity index (χ2n) is 6.31. The quantitative estimate of drug-likeness (QED) is 0.617. The van der Waals surface area contributed by atoms with Crippen molar-refractivity contribution in [2.45, 2.75) is 46.6 Å². The van der Waals surface area contributed by atoms with Gasteiger partial charge < -0.3 is 10.1 Å². The van der Waals surface area contributed by atoms with Crippen LogP contribution in [-0.2, 0) is 6.42 Å². The van der Waals surface area contributed by atoms with Gasteiger partial charge in [-0.25, -0.2) is 0 Å². The van der Waals surface area contributed by atoms with Crippen LogP contribution >= 0.6 is 0 Å². The number of methoxy groups -OCH3 is 1. The lowest BCUT2D eigenvalue weighted by molar-refractivity contribution is -0.385. The van der Waals surface area contributed by atoms with Gasteiger partial charge in [0, 0.05) is 12.1 Å². The van der Waals surface area contributed by atoms with E-state index in [1.54, 1.807) is 6.07 Å². The minimum Gasteiger partial charge on any atom is -0.496 e. The van der Waals surface area contributed by atoms with Gasteiger partial charge in [-0.15, -0.1) is 0 Å². The van der Waals surface area contributed by atoms with E-state index in [0.717, 1.165) is 24.9 Å². The molecule has 21 heavy (non-hydrogen) atoms. The predicted octanol–water partition coefficient (Wildman–Crippen LogP) is 3.56. The third-order valence-electron chi connectivity index (χ3n) is 3.62. The molecule has 1 unspecified atom stereocenters. The van der Waals surface area contributed by atoms with Crippen molar-refractivity contribution in [3.8, 4) is 5.75 Å². The summed E-state index contributed by atoms with van der Waals surface area (Å²) in [6, 6.07) is 5.33. The number of aryl methyl sites for hydroxylation is 1. The summed E-state index contributed by atoms with van der Waals surface area (Å²) in [6.07, 6.45) is 1.72. The minimum absolute atomic E-state index is 0.0834. The molecule has 1 atom stereocenters. The molecule has 0 amide bonds. The van der Waals surface area contributed by atoms with Gasteiger partial charge in [0.2, 0.25) is 0 Å². The van der Waals surface area contributed by atoms with Crippen molar-refractivity contribution in [2.24, 2.45) is 5.41 Å². The Morgan fingerprint density at radius 3 is 2.48 bits per heavy atom. The third-order valence-corrected chi connectivity index (χ3v) is 3.62. The number of nitro groups is 1. The van der Waals surface area contributed by atoms with E-state index >= 15 is 0 Å². The lowest BCUT2D eigenvalue weighted by Crippen LogP contribution is -2.40. The molecular formula is C16H26N2O3. The summed E-state index contributed by atoms with van der Waals surface area (Å²) in [6.45, 7) is 9.62. The van der Waals surface area contributed by atoms with Crippen LogP contribution in [0.3, 0.4) is 0 Å². The van der Waals surface area contributed by atoms with Gasteiger partial charge in [0.25, 0.3) is 5.69 Å². The normalized spacial score (nSPS) is 13.0. The fourth-order valence-electron chi connectivity index (χ4n) is 2.41. The Hall–Kier alpha value is -1.62. The Balaban J connectivity index is 2.86. The zero-order chi connectivity index (χ0) is 16.0. The summed E-state index contributed by atoms with van der Waals surface area (Å²) < 4.78 is 5.15. The SMILES string of the molecule is CCNC(CCc1cc(OC)cc([N+](=O)[O-])c1)C(C)(C)C. The number of hydrogen-bond acceptors (Lipinski definition) is 4. The van der Waals surface area contributed by atoms with Gasteiger partial charge in [-0.1, -0.05) is 27.7 Å². The van der Waals surface area contributed by atoms with Crippen molar-refractivity contribution >= 4 is 5.69 Å².